The van der Waals surface area contributed by atoms with E-state index >= 15 is 0 Å². The van der Waals surface area contributed by atoms with Crippen molar-refractivity contribution in [2.45, 2.75) is 12.8 Å². The molecule has 2 aliphatic heterocycles. The van der Waals surface area contributed by atoms with Crippen molar-refractivity contribution in [2.24, 2.45) is 21.5 Å². The number of rotatable bonds is 2. The van der Waals surface area contributed by atoms with E-state index in [0.717, 1.165) is 53.5 Å². The Morgan fingerprint density at radius 1 is 1.08 bits per heavy atom. The van der Waals surface area contributed by atoms with E-state index in [1.807, 2.05) is 47.4 Å². The molecular weight excluding hydrogens is 314 g/mol. The molecule has 0 spiro atoms. The first-order valence-corrected chi connectivity index (χ1v) is 8.52. The standard InChI is InChI=1S/C19H21N5O/c20-9-11-24-10-3-5-15-14-12-13(22-19(24)21)7-8-17(14)25-18-6-2-1-4-16(18)23-15/h1-2,4,6-8,12H,3,5,9-11,20H2,(H2,21,22). The lowest BCUT2D eigenvalue weighted by Gasteiger charge is -2.24. The van der Waals surface area contributed by atoms with Gasteiger partial charge in [0.25, 0.3) is 0 Å². The van der Waals surface area contributed by atoms with Gasteiger partial charge in [0.2, 0.25) is 0 Å². The Labute approximate surface area is 146 Å². The Kier molecular flexibility index (Phi) is 4.11. The molecule has 6 heteroatoms. The van der Waals surface area contributed by atoms with Gasteiger partial charge in [-0.15, -0.1) is 0 Å². The van der Waals surface area contributed by atoms with E-state index in [1.165, 1.54) is 0 Å². The van der Waals surface area contributed by atoms with Crippen molar-refractivity contribution >= 4 is 23.0 Å². The number of fused-ring (bicyclic) bond motifs is 2. The smallest absolute Gasteiger partial charge is 0.196 e. The molecule has 2 bridgehead atoms. The van der Waals surface area contributed by atoms with Crippen LogP contribution in [0.15, 0.2) is 52.4 Å². The van der Waals surface area contributed by atoms with E-state index in [9.17, 15) is 0 Å². The molecule has 2 aromatic rings. The minimum atomic E-state index is 0.503. The monoisotopic (exact) mass is 335 g/mol. The van der Waals surface area contributed by atoms with Gasteiger partial charge in [0.15, 0.2) is 11.7 Å². The summed E-state index contributed by atoms with van der Waals surface area (Å²) in [4.78, 5) is 11.5. The number of benzene rings is 2. The highest BCUT2D eigenvalue weighted by Crippen LogP contribution is 2.39. The normalized spacial score (nSPS) is 16.1. The average molecular weight is 335 g/mol. The Morgan fingerprint density at radius 2 is 1.96 bits per heavy atom. The molecule has 0 unspecified atom stereocenters. The summed E-state index contributed by atoms with van der Waals surface area (Å²) in [5, 5.41) is 0. The predicted octanol–water partition coefficient (Wildman–Crippen LogP) is 2.91. The first-order valence-electron chi connectivity index (χ1n) is 8.52. The van der Waals surface area contributed by atoms with E-state index in [2.05, 4.69) is 4.99 Å². The molecule has 2 aliphatic rings. The summed E-state index contributed by atoms with van der Waals surface area (Å²) in [7, 11) is 0. The second kappa shape index (κ2) is 6.57. The lowest BCUT2D eigenvalue weighted by molar-refractivity contribution is 0.418. The molecule has 0 fully saturated rings. The molecule has 0 atom stereocenters. The molecule has 4 rings (SSSR count). The van der Waals surface area contributed by atoms with Crippen molar-refractivity contribution in [3.8, 4) is 11.5 Å². The first kappa shape index (κ1) is 15.7. The zero-order valence-electron chi connectivity index (χ0n) is 14.0. The zero-order valence-corrected chi connectivity index (χ0v) is 14.0. The first-order chi connectivity index (χ1) is 12.2. The second-order valence-corrected chi connectivity index (χ2v) is 6.16. The second-order valence-electron chi connectivity index (χ2n) is 6.16. The van der Waals surface area contributed by atoms with Crippen molar-refractivity contribution in [2.75, 3.05) is 19.6 Å². The quantitative estimate of drug-likeness (QED) is 0.883. The van der Waals surface area contributed by atoms with Gasteiger partial charge in [0.1, 0.15) is 11.4 Å². The molecule has 25 heavy (non-hydrogen) atoms. The van der Waals surface area contributed by atoms with Gasteiger partial charge in [0.05, 0.1) is 11.4 Å². The highest BCUT2D eigenvalue weighted by atomic mass is 16.5. The molecule has 0 amide bonds. The number of nitrogens with two attached hydrogens (primary N) is 2. The maximum Gasteiger partial charge on any atom is 0.196 e. The van der Waals surface area contributed by atoms with Crippen LogP contribution in [-0.2, 0) is 0 Å². The van der Waals surface area contributed by atoms with E-state index in [0.29, 0.717) is 19.0 Å². The predicted molar refractivity (Wildman–Crippen MR) is 100 cm³/mol. The number of nitrogens with zero attached hydrogens (tertiary/aromatic N) is 3. The van der Waals surface area contributed by atoms with E-state index in [4.69, 9.17) is 21.2 Å². The van der Waals surface area contributed by atoms with Gasteiger partial charge in [-0.1, -0.05) is 12.1 Å². The van der Waals surface area contributed by atoms with Gasteiger partial charge in [-0.3, -0.25) is 0 Å². The molecule has 2 aromatic carbocycles. The van der Waals surface area contributed by atoms with E-state index < -0.39 is 0 Å². The maximum absolute atomic E-state index is 6.17. The van der Waals surface area contributed by atoms with Gasteiger partial charge >= 0.3 is 0 Å². The van der Waals surface area contributed by atoms with E-state index in [1.54, 1.807) is 0 Å². The average Bonchev–Trinajstić information content (AvgIpc) is 2.77. The summed E-state index contributed by atoms with van der Waals surface area (Å²) < 4.78 is 6.10. The third-order valence-corrected chi connectivity index (χ3v) is 4.42. The minimum Gasteiger partial charge on any atom is -0.454 e. The lowest BCUT2D eigenvalue weighted by Crippen LogP contribution is -2.41. The van der Waals surface area contributed by atoms with Crippen LogP contribution >= 0.6 is 0 Å². The number of ether oxygens (including phenoxy) is 1. The van der Waals surface area contributed by atoms with Crippen LogP contribution in [-0.4, -0.2) is 36.2 Å². The third-order valence-electron chi connectivity index (χ3n) is 4.42. The highest BCUT2D eigenvalue weighted by molar-refractivity contribution is 6.06. The largest absolute Gasteiger partial charge is 0.454 e. The van der Waals surface area contributed by atoms with E-state index in [-0.39, 0.29) is 0 Å². The molecule has 0 saturated heterocycles. The molecule has 0 radical (unpaired) electrons. The summed E-state index contributed by atoms with van der Waals surface area (Å²) in [5.74, 6) is 2.08. The van der Waals surface area contributed by atoms with Crippen molar-refractivity contribution < 1.29 is 4.74 Å². The lowest BCUT2D eigenvalue weighted by atomic mass is 10.0. The summed E-state index contributed by atoms with van der Waals surface area (Å²) in [6, 6.07) is 13.7. The number of aliphatic imine (C=N–C) groups is 2. The fourth-order valence-corrected chi connectivity index (χ4v) is 3.19. The van der Waals surface area contributed by atoms with Crippen molar-refractivity contribution in [3.05, 3.63) is 48.0 Å². The van der Waals surface area contributed by atoms with Crippen LogP contribution in [0.2, 0.25) is 0 Å². The Bertz CT molecular complexity index is 859. The molecule has 6 nitrogen and oxygen atoms in total. The Morgan fingerprint density at radius 3 is 2.84 bits per heavy atom. The SMILES string of the molecule is NCCN1CCCC2=Nc3ccccc3Oc3ccc(cc32)N=C1N. The minimum absolute atomic E-state index is 0.503. The van der Waals surface area contributed by atoms with Gasteiger partial charge in [0, 0.05) is 25.2 Å². The Hall–Kier alpha value is -2.86. The summed E-state index contributed by atoms with van der Waals surface area (Å²) >= 11 is 0. The molecule has 128 valence electrons. The summed E-state index contributed by atoms with van der Waals surface area (Å²) in [6.07, 6.45) is 1.75. The van der Waals surface area contributed by atoms with Gasteiger partial charge in [-0.2, -0.15) is 0 Å². The van der Waals surface area contributed by atoms with Gasteiger partial charge in [-0.05, 0) is 43.2 Å². The molecule has 4 N–H and O–H groups in total. The van der Waals surface area contributed by atoms with Crippen LogP contribution in [0, 0.1) is 0 Å². The maximum atomic E-state index is 6.17. The third kappa shape index (κ3) is 3.08. The molecule has 0 aliphatic carbocycles. The zero-order chi connectivity index (χ0) is 17.2. The fourth-order valence-electron chi connectivity index (χ4n) is 3.19. The topological polar surface area (TPSA) is 89.2 Å². The van der Waals surface area contributed by atoms with Crippen molar-refractivity contribution in [3.63, 3.8) is 0 Å². The van der Waals surface area contributed by atoms with Gasteiger partial charge in [-0.25, -0.2) is 9.98 Å². The van der Waals surface area contributed by atoms with Gasteiger partial charge < -0.3 is 21.1 Å². The van der Waals surface area contributed by atoms with Crippen LogP contribution in [0.3, 0.4) is 0 Å². The highest BCUT2D eigenvalue weighted by Gasteiger charge is 2.20. The fraction of sp³-hybridized carbons (Fsp3) is 0.263. The van der Waals surface area contributed by atoms with Crippen molar-refractivity contribution in [1.82, 2.24) is 4.90 Å². The van der Waals surface area contributed by atoms with Crippen LogP contribution in [0.1, 0.15) is 18.4 Å². The van der Waals surface area contributed by atoms with Crippen LogP contribution < -0.4 is 16.2 Å². The number of hydrogen-bond acceptors (Lipinski definition) is 6. The Balaban J connectivity index is 1.83. The molecule has 0 saturated carbocycles. The van der Waals surface area contributed by atoms with Crippen LogP contribution in [0.5, 0.6) is 11.5 Å². The van der Waals surface area contributed by atoms with Crippen molar-refractivity contribution in [1.29, 1.82) is 0 Å². The van der Waals surface area contributed by atoms with Crippen LogP contribution in [0.4, 0.5) is 11.4 Å². The summed E-state index contributed by atoms with van der Waals surface area (Å²) in [6.45, 7) is 2.04. The number of guanidine groups is 1. The molecular formula is C19H21N5O. The molecule has 0 aromatic heterocycles. The molecule has 2 heterocycles. The summed E-state index contributed by atoms with van der Waals surface area (Å²) in [5.41, 5.74) is 15.5. The number of para-hydroxylation sites is 2. The number of hydrogen-bond donors (Lipinski definition) is 2. The van der Waals surface area contributed by atoms with Crippen LogP contribution in [0.25, 0.3) is 0 Å².